The molecule has 1 aliphatic heterocycles. The van der Waals surface area contributed by atoms with Crippen LogP contribution in [0.3, 0.4) is 0 Å². The molecule has 1 aliphatic carbocycles. The number of hydrogen-bond acceptors (Lipinski definition) is 4. The van der Waals surface area contributed by atoms with E-state index in [9.17, 15) is 9.59 Å². The highest BCUT2D eigenvalue weighted by molar-refractivity contribution is 5.79. The Labute approximate surface area is 136 Å². The highest BCUT2D eigenvalue weighted by Crippen LogP contribution is 2.35. The largest absolute Gasteiger partial charge is 0.351 e. The van der Waals surface area contributed by atoms with Crippen LogP contribution in [0.1, 0.15) is 62.9 Å². The van der Waals surface area contributed by atoms with Gasteiger partial charge >= 0.3 is 0 Å². The number of carbonyl (C=O) groups is 2. The van der Waals surface area contributed by atoms with Crippen LogP contribution in [0, 0.1) is 5.92 Å². The van der Waals surface area contributed by atoms with E-state index in [4.69, 9.17) is 0 Å². The van der Waals surface area contributed by atoms with E-state index in [1.54, 1.807) is 12.4 Å². The molecule has 6 nitrogen and oxygen atoms in total. The molecule has 23 heavy (non-hydrogen) atoms. The topological polar surface area (TPSA) is 75.2 Å². The molecule has 0 bridgehead atoms. The van der Waals surface area contributed by atoms with Crippen LogP contribution in [0.15, 0.2) is 12.4 Å². The molecule has 0 unspecified atom stereocenters. The van der Waals surface area contributed by atoms with Gasteiger partial charge in [0.25, 0.3) is 0 Å². The summed E-state index contributed by atoms with van der Waals surface area (Å²) in [5, 5.41) is 2.74. The second-order valence-corrected chi connectivity index (χ2v) is 6.52. The fourth-order valence-corrected chi connectivity index (χ4v) is 3.63. The molecule has 1 atom stereocenters. The summed E-state index contributed by atoms with van der Waals surface area (Å²) in [6, 6.07) is 0.0351. The molecule has 124 valence electrons. The van der Waals surface area contributed by atoms with Gasteiger partial charge in [0.2, 0.25) is 11.8 Å². The number of likely N-dealkylation sites (tertiary alicyclic amines) is 1. The second kappa shape index (κ2) is 7.06. The van der Waals surface area contributed by atoms with Crippen LogP contribution in [0.5, 0.6) is 0 Å². The third-order valence-electron chi connectivity index (χ3n) is 4.80. The highest BCUT2D eigenvalue weighted by Gasteiger charge is 2.35. The summed E-state index contributed by atoms with van der Waals surface area (Å²) >= 11 is 0. The van der Waals surface area contributed by atoms with Crippen molar-refractivity contribution in [3.05, 3.63) is 23.8 Å². The first-order chi connectivity index (χ1) is 11.1. The van der Waals surface area contributed by atoms with Crippen molar-refractivity contribution in [2.75, 3.05) is 6.54 Å². The van der Waals surface area contributed by atoms with E-state index in [-0.39, 0.29) is 17.9 Å². The Morgan fingerprint density at radius 1 is 1.22 bits per heavy atom. The van der Waals surface area contributed by atoms with Gasteiger partial charge in [-0.05, 0) is 25.7 Å². The van der Waals surface area contributed by atoms with Crippen molar-refractivity contribution in [2.45, 2.75) is 58.0 Å². The van der Waals surface area contributed by atoms with Crippen LogP contribution in [-0.2, 0) is 16.1 Å². The normalized spacial score (nSPS) is 21.6. The van der Waals surface area contributed by atoms with Crippen molar-refractivity contribution in [3.8, 4) is 0 Å². The number of amides is 2. The molecule has 6 heteroatoms. The molecule has 2 amide bonds. The molecule has 3 rings (SSSR count). The van der Waals surface area contributed by atoms with E-state index in [1.165, 1.54) is 19.8 Å². The molecular formula is C17H24N4O2. The summed E-state index contributed by atoms with van der Waals surface area (Å²) in [4.78, 5) is 34.7. The minimum absolute atomic E-state index is 0.0351. The van der Waals surface area contributed by atoms with Crippen LogP contribution >= 0.6 is 0 Å². The van der Waals surface area contributed by atoms with Crippen LogP contribution in [-0.4, -0.2) is 33.2 Å². The Morgan fingerprint density at radius 3 is 2.74 bits per heavy atom. The molecule has 2 heterocycles. The number of hydrogen-bond donors (Lipinski definition) is 1. The molecule has 0 spiro atoms. The van der Waals surface area contributed by atoms with Gasteiger partial charge in [0.05, 0.1) is 36.4 Å². The van der Waals surface area contributed by atoms with Gasteiger partial charge < -0.3 is 10.2 Å². The molecule has 2 fully saturated rings. The standard InChI is InChI=1S/C17H24N4O2/c1-12(22)19-10-14-9-18-11-15(20-14)16-7-4-8-21(16)17(23)13-5-2-3-6-13/h9,11,13,16H,2-8,10H2,1H3,(H,19,22)/t16-/m1/s1. The maximum atomic E-state index is 12.8. The van der Waals surface area contributed by atoms with Crippen molar-refractivity contribution in [1.29, 1.82) is 0 Å². The summed E-state index contributed by atoms with van der Waals surface area (Å²) in [6.45, 7) is 2.67. The van der Waals surface area contributed by atoms with Gasteiger partial charge in [0.15, 0.2) is 0 Å². The van der Waals surface area contributed by atoms with Crippen LogP contribution in [0.4, 0.5) is 0 Å². The molecule has 0 radical (unpaired) electrons. The second-order valence-electron chi connectivity index (χ2n) is 6.52. The Bertz CT molecular complexity index is 584. The predicted molar refractivity (Wildman–Crippen MR) is 85.2 cm³/mol. The highest BCUT2D eigenvalue weighted by atomic mass is 16.2. The fraction of sp³-hybridized carbons (Fsp3) is 0.647. The van der Waals surface area contributed by atoms with Crippen molar-refractivity contribution in [1.82, 2.24) is 20.2 Å². The Morgan fingerprint density at radius 2 is 2.00 bits per heavy atom. The summed E-state index contributed by atoms with van der Waals surface area (Å²) < 4.78 is 0. The lowest BCUT2D eigenvalue weighted by Gasteiger charge is -2.27. The van der Waals surface area contributed by atoms with Crippen molar-refractivity contribution < 1.29 is 9.59 Å². The van der Waals surface area contributed by atoms with Crippen molar-refractivity contribution in [2.24, 2.45) is 5.92 Å². The lowest BCUT2D eigenvalue weighted by molar-refractivity contribution is -0.136. The minimum Gasteiger partial charge on any atom is -0.351 e. The minimum atomic E-state index is -0.0869. The fourth-order valence-electron chi connectivity index (χ4n) is 3.63. The summed E-state index contributed by atoms with van der Waals surface area (Å²) in [7, 11) is 0. The molecule has 1 aromatic heterocycles. The maximum Gasteiger partial charge on any atom is 0.226 e. The smallest absolute Gasteiger partial charge is 0.226 e. The molecule has 1 aromatic rings. The van der Waals surface area contributed by atoms with E-state index in [0.717, 1.165) is 43.6 Å². The SMILES string of the molecule is CC(=O)NCc1cncc([C@H]2CCCN2C(=O)C2CCCC2)n1. The number of carbonyl (C=O) groups excluding carboxylic acids is 2. The average molecular weight is 316 g/mol. The molecular weight excluding hydrogens is 292 g/mol. The van der Waals surface area contributed by atoms with Gasteiger partial charge in [0, 0.05) is 19.4 Å². The zero-order valence-electron chi connectivity index (χ0n) is 13.6. The van der Waals surface area contributed by atoms with Gasteiger partial charge in [-0.15, -0.1) is 0 Å². The molecule has 1 saturated carbocycles. The lowest BCUT2D eigenvalue weighted by atomic mass is 10.1. The number of aromatic nitrogens is 2. The number of rotatable bonds is 4. The quantitative estimate of drug-likeness (QED) is 0.921. The summed E-state index contributed by atoms with van der Waals surface area (Å²) in [5.41, 5.74) is 1.58. The third kappa shape index (κ3) is 3.68. The molecule has 1 N–H and O–H groups in total. The summed E-state index contributed by atoms with van der Waals surface area (Å²) in [6.07, 6.45) is 9.76. The van der Waals surface area contributed by atoms with Gasteiger partial charge in [-0.2, -0.15) is 0 Å². The molecule has 0 aromatic carbocycles. The van der Waals surface area contributed by atoms with Gasteiger partial charge in [-0.3, -0.25) is 19.6 Å². The van der Waals surface area contributed by atoms with Gasteiger partial charge in [-0.1, -0.05) is 12.8 Å². The number of nitrogens with zero attached hydrogens (tertiary/aromatic N) is 3. The molecule has 1 saturated heterocycles. The van der Waals surface area contributed by atoms with E-state index >= 15 is 0 Å². The van der Waals surface area contributed by atoms with Crippen LogP contribution in [0.2, 0.25) is 0 Å². The Kier molecular flexibility index (Phi) is 4.88. The lowest BCUT2D eigenvalue weighted by Crippen LogP contribution is -2.35. The van der Waals surface area contributed by atoms with Crippen LogP contribution in [0.25, 0.3) is 0 Å². The first-order valence-corrected chi connectivity index (χ1v) is 8.51. The van der Waals surface area contributed by atoms with E-state index in [0.29, 0.717) is 12.5 Å². The van der Waals surface area contributed by atoms with Crippen LogP contribution < -0.4 is 5.32 Å². The van der Waals surface area contributed by atoms with Gasteiger partial charge in [0.1, 0.15) is 0 Å². The molecule has 2 aliphatic rings. The third-order valence-corrected chi connectivity index (χ3v) is 4.80. The van der Waals surface area contributed by atoms with E-state index < -0.39 is 0 Å². The number of nitrogens with one attached hydrogen (secondary N) is 1. The first-order valence-electron chi connectivity index (χ1n) is 8.51. The Balaban J connectivity index is 1.72. The van der Waals surface area contributed by atoms with E-state index in [1.807, 2.05) is 4.90 Å². The zero-order chi connectivity index (χ0) is 16.2. The average Bonchev–Trinajstić information content (AvgIpc) is 3.23. The Hall–Kier alpha value is -1.98. The van der Waals surface area contributed by atoms with E-state index in [2.05, 4.69) is 15.3 Å². The van der Waals surface area contributed by atoms with Crippen molar-refractivity contribution in [3.63, 3.8) is 0 Å². The van der Waals surface area contributed by atoms with Gasteiger partial charge in [-0.25, -0.2) is 0 Å². The predicted octanol–water partition coefficient (Wildman–Crippen LogP) is 1.97. The monoisotopic (exact) mass is 316 g/mol. The zero-order valence-corrected chi connectivity index (χ0v) is 13.6. The first kappa shape index (κ1) is 15.9. The maximum absolute atomic E-state index is 12.8. The van der Waals surface area contributed by atoms with Crippen molar-refractivity contribution >= 4 is 11.8 Å². The summed E-state index contributed by atoms with van der Waals surface area (Å²) in [5.74, 6) is 0.404.